The second kappa shape index (κ2) is 3.72. The fraction of sp³-hybridized carbons (Fsp3) is 0.875. The first kappa shape index (κ1) is 8.53. The van der Waals surface area contributed by atoms with Gasteiger partial charge in [-0.2, -0.15) is 0 Å². The second-order valence-electron chi connectivity index (χ2n) is 2.95. The van der Waals surface area contributed by atoms with Gasteiger partial charge in [0, 0.05) is 6.04 Å². The quantitative estimate of drug-likeness (QED) is 0.599. The van der Waals surface area contributed by atoms with Crippen molar-refractivity contribution < 1.29 is 9.53 Å². The Bertz CT molecular complexity index is 147. The molecule has 0 aromatic rings. The number of ether oxygens (including phenoxy) is 1. The van der Waals surface area contributed by atoms with Crippen molar-refractivity contribution in [3.63, 3.8) is 0 Å². The molecule has 2 N–H and O–H groups in total. The summed E-state index contributed by atoms with van der Waals surface area (Å²) in [5.74, 6) is -0.146. The molecular weight excluding hydrogens is 142 g/mol. The average Bonchev–Trinajstić information content (AvgIpc) is 2.36. The number of carbonyl (C=O) groups is 1. The van der Waals surface area contributed by atoms with Crippen molar-refractivity contribution in [3.8, 4) is 0 Å². The topological polar surface area (TPSA) is 52.3 Å². The lowest BCUT2D eigenvalue weighted by Crippen LogP contribution is -2.31. The zero-order chi connectivity index (χ0) is 8.27. The van der Waals surface area contributed by atoms with Gasteiger partial charge in [-0.3, -0.25) is 4.79 Å². The maximum atomic E-state index is 11.2. The van der Waals surface area contributed by atoms with E-state index in [1.807, 2.05) is 6.92 Å². The highest BCUT2D eigenvalue weighted by Gasteiger charge is 2.31. The molecular formula is C8H15NO2. The summed E-state index contributed by atoms with van der Waals surface area (Å²) in [6.07, 6.45) is 2.92. The van der Waals surface area contributed by atoms with E-state index in [4.69, 9.17) is 10.5 Å². The summed E-state index contributed by atoms with van der Waals surface area (Å²) in [5.41, 5.74) is 5.71. The highest BCUT2D eigenvalue weighted by atomic mass is 16.5. The molecule has 1 saturated carbocycles. The molecule has 2 atom stereocenters. The van der Waals surface area contributed by atoms with Crippen LogP contribution < -0.4 is 5.73 Å². The van der Waals surface area contributed by atoms with Gasteiger partial charge in [0.1, 0.15) is 0 Å². The molecule has 0 radical (unpaired) electrons. The molecule has 0 aromatic heterocycles. The van der Waals surface area contributed by atoms with E-state index in [0.29, 0.717) is 6.61 Å². The second-order valence-corrected chi connectivity index (χ2v) is 2.95. The monoisotopic (exact) mass is 157 g/mol. The van der Waals surface area contributed by atoms with E-state index in [9.17, 15) is 4.79 Å². The van der Waals surface area contributed by atoms with Crippen LogP contribution >= 0.6 is 0 Å². The Morgan fingerprint density at radius 3 is 2.82 bits per heavy atom. The molecule has 1 aliphatic carbocycles. The Labute approximate surface area is 66.9 Å². The molecule has 0 aliphatic heterocycles. The molecule has 0 amide bonds. The smallest absolute Gasteiger partial charge is 0.310 e. The maximum absolute atomic E-state index is 11.2. The van der Waals surface area contributed by atoms with Gasteiger partial charge in [-0.15, -0.1) is 0 Å². The Hall–Kier alpha value is -0.570. The molecule has 1 fully saturated rings. The molecule has 1 aliphatic rings. The van der Waals surface area contributed by atoms with E-state index in [1.165, 1.54) is 0 Å². The van der Waals surface area contributed by atoms with Crippen LogP contribution in [0.1, 0.15) is 26.2 Å². The molecule has 11 heavy (non-hydrogen) atoms. The van der Waals surface area contributed by atoms with Gasteiger partial charge in [0.15, 0.2) is 0 Å². The highest BCUT2D eigenvalue weighted by Crippen LogP contribution is 2.24. The molecule has 0 saturated heterocycles. The molecule has 0 spiro atoms. The van der Waals surface area contributed by atoms with Crippen LogP contribution in [0.5, 0.6) is 0 Å². The highest BCUT2D eigenvalue weighted by molar-refractivity contribution is 5.73. The predicted molar refractivity (Wildman–Crippen MR) is 41.9 cm³/mol. The molecule has 1 rings (SSSR count). The summed E-state index contributed by atoms with van der Waals surface area (Å²) >= 11 is 0. The largest absolute Gasteiger partial charge is 0.466 e. The first-order valence-corrected chi connectivity index (χ1v) is 4.18. The van der Waals surface area contributed by atoms with Gasteiger partial charge in [-0.1, -0.05) is 6.42 Å². The molecule has 0 aromatic carbocycles. The molecule has 1 unspecified atom stereocenters. The zero-order valence-corrected chi connectivity index (χ0v) is 6.88. The summed E-state index contributed by atoms with van der Waals surface area (Å²) in [6, 6.07) is 0.0362. The summed E-state index contributed by atoms with van der Waals surface area (Å²) in [7, 11) is 0. The first-order chi connectivity index (χ1) is 5.25. The van der Waals surface area contributed by atoms with Crippen LogP contribution in [0, 0.1) is 5.92 Å². The molecule has 0 heterocycles. The Balaban J connectivity index is 2.39. The lowest BCUT2D eigenvalue weighted by molar-refractivity contribution is -0.148. The minimum atomic E-state index is -0.113. The fourth-order valence-corrected chi connectivity index (χ4v) is 1.53. The minimum absolute atomic E-state index is 0.0325. The molecule has 3 nitrogen and oxygen atoms in total. The summed E-state index contributed by atoms with van der Waals surface area (Å²) in [5, 5.41) is 0. The van der Waals surface area contributed by atoms with Crippen LogP contribution in [0.15, 0.2) is 0 Å². The standard InChI is InChI=1S/C8H15NO2/c1-2-11-8(10)6-4-3-5-7(6)9/h6-7H,2-5,9H2,1H3/t6-,7?/m0/s1. The third-order valence-corrected chi connectivity index (χ3v) is 2.16. The average molecular weight is 157 g/mol. The Morgan fingerprint density at radius 2 is 2.36 bits per heavy atom. The third-order valence-electron chi connectivity index (χ3n) is 2.16. The number of hydrogen-bond acceptors (Lipinski definition) is 3. The van der Waals surface area contributed by atoms with Crippen LogP contribution in [0.3, 0.4) is 0 Å². The van der Waals surface area contributed by atoms with E-state index in [-0.39, 0.29) is 17.9 Å². The lowest BCUT2D eigenvalue weighted by Gasteiger charge is -2.12. The number of nitrogens with two attached hydrogens (primary N) is 1. The minimum Gasteiger partial charge on any atom is -0.466 e. The predicted octanol–water partition coefficient (Wildman–Crippen LogP) is 0.677. The molecule has 3 heteroatoms. The van der Waals surface area contributed by atoms with Crippen molar-refractivity contribution >= 4 is 5.97 Å². The van der Waals surface area contributed by atoms with Gasteiger partial charge in [-0.05, 0) is 19.8 Å². The fourth-order valence-electron chi connectivity index (χ4n) is 1.53. The van der Waals surface area contributed by atoms with Crippen LogP contribution in [-0.4, -0.2) is 18.6 Å². The third kappa shape index (κ3) is 1.93. The summed E-state index contributed by atoms with van der Waals surface area (Å²) < 4.78 is 4.88. The van der Waals surface area contributed by atoms with Gasteiger partial charge in [-0.25, -0.2) is 0 Å². The number of esters is 1. The van der Waals surface area contributed by atoms with Gasteiger partial charge >= 0.3 is 5.97 Å². The van der Waals surface area contributed by atoms with Gasteiger partial charge in [0.05, 0.1) is 12.5 Å². The number of rotatable bonds is 2. The van der Waals surface area contributed by atoms with E-state index in [2.05, 4.69) is 0 Å². The summed E-state index contributed by atoms with van der Waals surface area (Å²) in [4.78, 5) is 11.2. The first-order valence-electron chi connectivity index (χ1n) is 4.18. The molecule has 64 valence electrons. The number of carbonyl (C=O) groups excluding carboxylic acids is 1. The summed E-state index contributed by atoms with van der Waals surface area (Å²) in [6.45, 7) is 2.28. The van der Waals surface area contributed by atoms with Crippen LogP contribution in [-0.2, 0) is 9.53 Å². The van der Waals surface area contributed by atoms with Crippen LogP contribution in [0.4, 0.5) is 0 Å². The van der Waals surface area contributed by atoms with E-state index in [0.717, 1.165) is 19.3 Å². The van der Waals surface area contributed by atoms with Crippen molar-refractivity contribution in [1.29, 1.82) is 0 Å². The van der Waals surface area contributed by atoms with Crippen molar-refractivity contribution in [2.75, 3.05) is 6.61 Å². The van der Waals surface area contributed by atoms with Gasteiger partial charge in [0.25, 0.3) is 0 Å². The van der Waals surface area contributed by atoms with E-state index in [1.54, 1.807) is 0 Å². The lowest BCUT2D eigenvalue weighted by atomic mass is 10.1. The van der Waals surface area contributed by atoms with Crippen molar-refractivity contribution in [2.24, 2.45) is 11.7 Å². The van der Waals surface area contributed by atoms with Gasteiger partial charge in [0.2, 0.25) is 0 Å². The Kier molecular flexibility index (Phi) is 2.88. The maximum Gasteiger partial charge on any atom is 0.310 e. The van der Waals surface area contributed by atoms with Crippen LogP contribution in [0.2, 0.25) is 0 Å². The molecule has 0 bridgehead atoms. The van der Waals surface area contributed by atoms with Crippen molar-refractivity contribution in [2.45, 2.75) is 32.2 Å². The van der Waals surface area contributed by atoms with E-state index >= 15 is 0 Å². The van der Waals surface area contributed by atoms with Gasteiger partial charge < -0.3 is 10.5 Å². The normalized spacial score (nSPS) is 30.4. The SMILES string of the molecule is CCOC(=O)[C@H]1CCCC1N. The van der Waals surface area contributed by atoms with Crippen molar-refractivity contribution in [3.05, 3.63) is 0 Å². The zero-order valence-electron chi connectivity index (χ0n) is 6.88. The van der Waals surface area contributed by atoms with Crippen LogP contribution in [0.25, 0.3) is 0 Å². The Morgan fingerprint density at radius 1 is 1.64 bits per heavy atom. The number of hydrogen-bond donors (Lipinski definition) is 1. The van der Waals surface area contributed by atoms with E-state index < -0.39 is 0 Å². The van der Waals surface area contributed by atoms with Crippen molar-refractivity contribution in [1.82, 2.24) is 0 Å².